The fourth-order valence-electron chi connectivity index (χ4n) is 2.79. The summed E-state index contributed by atoms with van der Waals surface area (Å²) in [5.41, 5.74) is 8.99. The monoisotopic (exact) mass is 271 g/mol. The predicted octanol–water partition coefficient (Wildman–Crippen LogP) is 4.13. The highest BCUT2D eigenvalue weighted by atomic mass is 19.1. The zero-order valence-corrected chi connectivity index (χ0v) is 11.5. The molecular weight excluding hydrogens is 253 g/mol. The molecule has 20 heavy (non-hydrogen) atoms. The fraction of sp³-hybridized carbons (Fsp3) is 0.294. The lowest BCUT2D eigenvalue weighted by atomic mass is 10.1. The first-order chi connectivity index (χ1) is 9.65. The van der Waals surface area contributed by atoms with Crippen molar-refractivity contribution in [1.82, 2.24) is 0 Å². The Balaban J connectivity index is 1.93. The minimum Gasteiger partial charge on any atom is -0.457 e. The molecule has 3 heteroatoms. The molecule has 0 amide bonds. The SMILES string of the molecule is CC(N)c1c(F)cccc1Oc1ccc2c(c1)CCC2. The summed E-state index contributed by atoms with van der Waals surface area (Å²) < 4.78 is 19.7. The van der Waals surface area contributed by atoms with E-state index in [0.29, 0.717) is 11.3 Å². The van der Waals surface area contributed by atoms with Crippen molar-refractivity contribution in [3.8, 4) is 11.5 Å². The van der Waals surface area contributed by atoms with E-state index in [1.165, 1.54) is 23.6 Å². The van der Waals surface area contributed by atoms with Crippen molar-refractivity contribution < 1.29 is 9.13 Å². The van der Waals surface area contributed by atoms with Crippen molar-refractivity contribution in [3.05, 3.63) is 58.9 Å². The molecule has 3 rings (SSSR count). The van der Waals surface area contributed by atoms with Gasteiger partial charge in [-0.25, -0.2) is 4.39 Å². The summed E-state index contributed by atoms with van der Waals surface area (Å²) in [6, 6.07) is 10.5. The fourth-order valence-corrected chi connectivity index (χ4v) is 2.79. The lowest BCUT2D eigenvalue weighted by Crippen LogP contribution is -2.09. The molecule has 0 aliphatic heterocycles. The number of rotatable bonds is 3. The van der Waals surface area contributed by atoms with Crippen LogP contribution in [0.2, 0.25) is 0 Å². The van der Waals surface area contributed by atoms with Gasteiger partial charge in [-0.3, -0.25) is 0 Å². The number of fused-ring (bicyclic) bond motifs is 1. The first kappa shape index (κ1) is 13.1. The Hall–Kier alpha value is -1.87. The first-order valence-electron chi connectivity index (χ1n) is 6.99. The van der Waals surface area contributed by atoms with Crippen LogP contribution in [0.15, 0.2) is 36.4 Å². The van der Waals surface area contributed by atoms with Crippen molar-refractivity contribution in [3.63, 3.8) is 0 Å². The van der Waals surface area contributed by atoms with Crippen molar-refractivity contribution in [1.29, 1.82) is 0 Å². The quantitative estimate of drug-likeness (QED) is 0.911. The van der Waals surface area contributed by atoms with Gasteiger partial charge in [0.15, 0.2) is 0 Å². The van der Waals surface area contributed by atoms with E-state index < -0.39 is 6.04 Å². The molecule has 0 aromatic heterocycles. The largest absolute Gasteiger partial charge is 0.457 e. The van der Waals surface area contributed by atoms with Gasteiger partial charge in [0.2, 0.25) is 0 Å². The maximum absolute atomic E-state index is 13.9. The van der Waals surface area contributed by atoms with Gasteiger partial charge in [-0.15, -0.1) is 0 Å². The van der Waals surface area contributed by atoms with Gasteiger partial charge in [0, 0.05) is 11.6 Å². The van der Waals surface area contributed by atoms with Crippen LogP contribution < -0.4 is 10.5 Å². The lowest BCUT2D eigenvalue weighted by molar-refractivity contribution is 0.460. The van der Waals surface area contributed by atoms with Crippen LogP contribution in [-0.4, -0.2) is 0 Å². The molecular formula is C17H18FNO. The molecule has 0 saturated heterocycles. The highest BCUT2D eigenvalue weighted by Gasteiger charge is 2.16. The molecule has 1 aliphatic rings. The summed E-state index contributed by atoms with van der Waals surface area (Å²) in [6.07, 6.45) is 3.43. The normalized spacial score (nSPS) is 14.9. The number of benzene rings is 2. The highest BCUT2D eigenvalue weighted by molar-refractivity contribution is 5.43. The van der Waals surface area contributed by atoms with Gasteiger partial charge in [0.25, 0.3) is 0 Å². The van der Waals surface area contributed by atoms with E-state index in [-0.39, 0.29) is 5.82 Å². The van der Waals surface area contributed by atoms with E-state index in [9.17, 15) is 4.39 Å². The van der Waals surface area contributed by atoms with Crippen molar-refractivity contribution in [2.45, 2.75) is 32.2 Å². The summed E-state index contributed by atoms with van der Waals surface area (Å²) in [7, 11) is 0. The van der Waals surface area contributed by atoms with Gasteiger partial charge >= 0.3 is 0 Å². The maximum atomic E-state index is 13.9. The molecule has 2 N–H and O–H groups in total. The zero-order chi connectivity index (χ0) is 14.1. The van der Waals surface area contributed by atoms with Crippen LogP contribution in [0.25, 0.3) is 0 Å². The van der Waals surface area contributed by atoms with E-state index >= 15 is 0 Å². The summed E-state index contributed by atoms with van der Waals surface area (Å²) in [5, 5.41) is 0. The minimum absolute atomic E-state index is 0.321. The van der Waals surface area contributed by atoms with Crippen LogP contribution in [0.3, 0.4) is 0 Å². The van der Waals surface area contributed by atoms with Gasteiger partial charge in [0.05, 0.1) is 0 Å². The Bertz CT molecular complexity index is 637. The zero-order valence-electron chi connectivity index (χ0n) is 11.5. The Kier molecular flexibility index (Phi) is 3.45. The molecule has 2 aromatic carbocycles. The Labute approximate surface area is 118 Å². The molecule has 1 unspecified atom stereocenters. The summed E-state index contributed by atoms with van der Waals surface area (Å²) in [6.45, 7) is 1.76. The average Bonchev–Trinajstić information content (AvgIpc) is 2.85. The van der Waals surface area contributed by atoms with Crippen molar-refractivity contribution in [2.24, 2.45) is 5.73 Å². The number of ether oxygens (including phenoxy) is 1. The van der Waals surface area contributed by atoms with Crippen LogP contribution in [0, 0.1) is 5.82 Å². The van der Waals surface area contributed by atoms with Gasteiger partial charge in [-0.05, 0) is 61.6 Å². The maximum Gasteiger partial charge on any atom is 0.135 e. The average molecular weight is 271 g/mol. The van der Waals surface area contributed by atoms with Crippen molar-refractivity contribution >= 4 is 0 Å². The summed E-state index contributed by atoms with van der Waals surface area (Å²) in [4.78, 5) is 0. The third-order valence-corrected chi connectivity index (χ3v) is 3.77. The first-order valence-corrected chi connectivity index (χ1v) is 6.99. The predicted molar refractivity (Wildman–Crippen MR) is 77.5 cm³/mol. The molecule has 2 nitrogen and oxygen atoms in total. The molecule has 1 atom stereocenters. The second kappa shape index (κ2) is 5.25. The number of nitrogens with two attached hydrogens (primary N) is 1. The molecule has 104 valence electrons. The number of aryl methyl sites for hydroxylation is 2. The summed E-state index contributed by atoms with van der Waals surface area (Å²) in [5.74, 6) is 0.926. The third kappa shape index (κ3) is 2.41. The van der Waals surface area contributed by atoms with Gasteiger partial charge in [0.1, 0.15) is 17.3 Å². The van der Waals surface area contributed by atoms with Crippen molar-refractivity contribution in [2.75, 3.05) is 0 Å². The van der Waals surface area contributed by atoms with Crippen LogP contribution in [0.5, 0.6) is 11.5 Å². The number of hydrogen-bond acceptors (Lipinski definition) is 2. The number of hydrogen-bond donors (Lipinski definition) is 1. The molecule has 0 saturated carbocycles. The van der Waals surface area contributed by atoms with Crippen LogP contribution in [0.1, 0.15) is 36.1 Å². The van der Waals surface area contributed by atoms with E-state index in [0.717, 1.165) is 18.6 Å². The van der Waals surface area contributed by atoms with Crippen LogP contribution >= 0.6 is 0 Å². The van der Waals surface area contributed by atoms with Gasteiger partial charge < -0.3 is 10.5 Å². The summed E-state index contributed by atoms with van der Waals surface area (Å²) >= 11 is 0. The second-order valence-corrected chi connectivity index (χ2v) is 5.33. The lowest BCUT2D eigenvalue weighted by Gasteiger charge is -2.15. The molecule has 2 aromatic rings. The van der Waals surface area contributed by atoms with E-state index in [2.05, 4.69) is 12.1 Å². The third-order valence-electron chi connectivity index (χ3n) is 3.77. The highest BCUT2D eigenvalue weighted by Crippen LogP contribution is 2.33. The molecule has 1 aliphatic carbocycles. The van der Waals surface area contributed by atoms with Gasteiger partial charge in [-0.2, -0.15) is 0 Å². The molecule has 0 spiro atoms. The van der Waals surface area contributed by atoms with E-state index in [1.54, 1.807) is 19.1 Å². The Morgan fingerprint density at radius 2 is 1.95 bits per heavy atom. The minimum atomic E-state index is -0.402. The standard InChI is InChI=1S/C17H18FNO/c1-11(19)17-15(18)6-3-7-16(17)20-14-9-8-12-4-2-5-13(12)10-14/h3,6-11H,2,4-5,19H2,1H3. The van der Waals surface area contributed by atoms with Crippen LogP contribution in [-0.2, 0) is 12.8 Å². The Morgan fingerprint density at radius 1 is 1.15 bits per heavy atom. The topological polar surface area (TPSA) is 35.2 Å². The Morgan fingerprint density at radius 3 is 2.75 bits per heavy atom. The molecule has 0 heterocycles. The molecule has 0 radical (unpaired) electrons. The molecule has 0 fully saturated rings. The van der Waals surface area contributed by atoms with Gasteiger partial charge in [-0.1, -0.05) is 12.1 Å². The van der Waals surface area contributed by atoms with E-state index in [1.807, 2.05) is 6.07 Å². The smallest absolute Gasteiger partial charge is 0.135 e. The molecule has 0 bridgehead atoms. The van der Waals surface area contributed by atoms with Crippen LogP contribution in [0.4, 0.5) is 4.39 Å². The van der Waals surface area contributed by atoms with E-state index in [4.69, 9.17) is 10.5 Å². The second-order valence-electron chi connectivity index (χ2n) is 5.33. The number of halogens is 1.